The van der Waals surface area contributed by atoms with Gasteiger partial charge < -0.3 is 14.6 Å². The Balaban J connectivity index is 2.02. The molecule has 1 N–H and O–H groups in total. The van der Waals surface area contributed by atoms with Crippen molar-refractivity contribution >= 4 is 11.9 Å². The summed E-state index contributed by atoms with van der Waals surface area (Å²) in [6.07, 6.45) is 4.88. The van der Waals surface area contributed by atoms with Crippen LogP contribution in [0, 0.1) is 0 Å². The van der Waals surface area contributed by atoms with Gasteiger partial charge in [-0.2, -0.15) is 0 Å². The van der Waals surface area contributed by atoms with Crippen molar-refractivity contribution in [3.8, 4) is 0 Å². The van der Waals surface area contributed by atoms with Crippen LogP contribution in [0.25, 0.3) is 0 Å². The maximum Gasteiger partial charge on any atom is 0.306 e. The van der Waals surface area contributed by atoms with Crippen molar-refractivity contribution in [2.45, 2.75) is 84.0 Å². The van der Waals surface area contributed by atoms with Crippen molar-refractivity contribution in [2.75, 3.05) is 0 Å². The minimum Gasteiger partial charge on any atom is -0.463 e. The summed E-state index contributed by atoms with van der Waals surface area (Å²) in [5, 5.41) is 9.17. The monoisotopic (exact) mass is 364 g/mol. The molecule has 0 radical (unpaired) electrons. The normalized spacial score (nSPS) is 13.0. The van der Waals surface area contributed by atoms with Gasteiger partial charge in [-0.25, -0.2) is 0 Å². The molecule has 0 amide bonds. The lowest BCUT2D eigenvalue weighted by atomic mass is 10.1. The molecule has 1 rings (SSSR count). The Labute approximate surface area is 156 Å². The predicted molar refractivity (Wildman–Crippen MR) is 100 cm³/mol. The largest absolute Gasteiger partial charge is 0.463 e. The summed E-state index contributed by atoms with van der Waals surface area (Å²) in [6, 6.07) is 9.61. The zero-order chi connectivity index (χ0) is 19.2. The standard InChI is InChI=1S/C21H32O5/c1-17(22)10-6-8-15-21(24)26-18(2)11-7-9-14-20(23)25-16-19-12-4-3-5-13-19/h3-5,12-13,17-18,22H,6-11,14-16H2,1-2H3/t17-,18+/m0/s1. The molecule has 0 saturated carbocycles. The van der Waals surface area contributed by atoms with Crippen LogP contribution in [-0.2, 0) is 25.7 Å². The molecule has 0 bridgehead atoms. The van der Waals surface area contributed by atoms with Crippen molar-refractivity contribution in [1.29, 1.82) is 0 Å². The zero-order valence-electron chi connectivity index (χ0n) is 16.0. The fourth-order valence-electron chi connectivity index (χ4n) is 2.56. The number of aliphatic hydroxyl groups is 1. The Bertz CT molecular complexity index is 512. The first-order valence-corrected chi connectivity index (χ1v) is 9.54. The van der Waals surface area contributed by atoms with Gasteiger partial charge in [0.1, 0.15) is 6.61 Å². The van der Waals surface area contributed by atoms with E-state index in [0.29, 0.717) is 25.9 Å². The van der Waals surface area contributed by atoms with Gasteiger partial charge >= 0.3 is 11.9 Å². The van der Waals surface area contributed by atoms with Gasteiger partial charge in [0.25, 0.3) is 0 Å². The van der Waals surface area contributed by atoms with E-state index in [2.05, 4.69) is 0 Å². The zero-order valence-corrected chi connectivity index (χ0v) is 16.0. The van der Waals surface area contributed by atoms with Crippen molar-refractivity contribution in [2.24, 2.45) is 0 Å². The molecular weight excluding hydrogens is 332 g/mol. The minimum atomic E-state index is -0.315. The van der Waals surface area contributed by atoms with Gasteiger partial charge in [-0.1, -0.05) is 36.8 Å². The van der Waals surface area contributed by atoms with Crippen LogP contribution in [0.5, 0.6) is 0 Å². The quantitative estimate of drug-likeness (QED) is 0.420. The number of aliphatic hydroxyl groups excluding tert-OH is 1. The summed E-state index contributed by atoms with van der Waals surface area (Å²) in [5.74, 6) is -0.387. The summed E-state index contributed by atoms with van der Waals surface area (Å²) in [4.78, 5) is 23.4. The summed E-state index contributed by atoms with van der Waals surface area (Å²) in [7, 11) is 0. The van der Waals surface area contributed by atoms with E-state index < -0.39 is 0 Å². The molecule has 0 saturated heterocycles. The van der Waals surface area contributed by atoms with Gasteiger partial charge in [0.05, 0.1) is 12.2 Å². The molecule has 5 heteroatoms. The highest BCUT2D eigenvalue weighted by atomic mass is 16.5. The molecule has 0 heterocycles. The number of carbonyl (C=O) groups is 2. The van der Waals surface area contributed by atoms with E-state index in [1.54, 1.807) is 6.92 Å². The second-order valence-electron chi connectivity index (χ2n) is 6.79. The molecule has 1 aromatic rings. The molecule has 0 aliphatic carbocycles. The fourth-order valence-corrected chi connectivity index (χ4v) is 2.56. The first-order chi connectivity index (χ1) is 12.5. The Morgan fingerprint density at radius 2 is 1.54 bits per heavy atom. The number of hydrogen-bond acceptors (Lipinski definition) is 5. The van der Waals surface area contributed by atoms with Crippen LogP contribution < -0.4 is 0 Å². The summed E-state index contributed by atoms with van der Waals surface area (Å²) < 4.78 is 10.6. The van der Waals surface area contributed by atoms with Gasteiger partial charge in [-0.15, -0.1) is 0 Å². The van der Waals surface area contributed by atoms with E-state index in [1.807, 2.05) is 37.3 Å². The molecule has 0 aliphatic rings. The van der Waals surface area contributed by atoms with Crippen molar-refractivity contribution in [1.82, 2.24) is 0 Å². The number of ether oxygens (including phenoxy) is 2. The van der Waals surface area contributed by atoms with E-state index in [-0.39, 0.29) is 24.1 Å². The molecule has 1 aromatic carbocycles. The number of benzene rings is 1. The van der Waals surface area contributed by atoms with E-state index in [1.165, 1.54) is 0 Å². The van der Waals surface area contributed by atoms with Gasteiger partial charge in [-0.3, -0.25) is 9.59 Å². The third kappa shape index (κ3) is 11.6. The second kappa shape index (κ2) is 13.3. The number of hydrogen-bond donors (Lipinski definition) is 1. The van der Waals surface area contributed by atoms with E-state index >= 15 is 0 Å². The molecule has 146 valence electrons. The maximum absolute atomic E-state index is 11.7. The highest BCUT2D eigenvalue weighted by Crippen LogP contribution is 2.11. The van der Waals surface area contributed by atoms with Crippen LogP contribution >= 0.6 is 0 Å². The van der Waals surface area contributed by atoms with Crippen LogP contribution in [0.2, 0.25) is 0 Å². The third-order valence-electron chi connectivity index (χ3n) is 4.07. The lowest BCUT2D eigenvalue weighted by molar-refractivity contribution is -0.149. The Hall–Kier alpha value is -1.88. The van der Waals surface area contributed by atoms with Crippen LogP contribution in [0.4, 0.5) is 0 Å². The summed E-state index contributed by atoms with van der Waals surface area (Å²) in [5.41, 5.74) is 0.981. The minimum absolute atomic E-state index is 0.139. The number of unbranched alkanes of at least 4 members (excludes halogenated alkanes) is 2. The van der Waals surface area contributed by atoms with E-state index in [0.717, 1.165) is 37.7 Å². The molecule has 26 heavy (non-hydrogen) atoms. The van der Waals surface area contributed by atoms with E-state index in [9.17, 15) is 9.59 Å². The Morgan fingerprint density at radius 3 is 2.19 bits per heavy atom. The van der Waals surface area contributed by atoms with Gasteiger partial charge in [0.2, 0.25) is 0 Å². The summed E-state index contributed by atoms with van der Waals surface area (Å²) in [6.45, 7) is 3.93. The predicted octanol–water partition coefficient (Wildman–Crippen LogP) is 4.16. The Morgan fingerprint density at radius 1 is 0.923 bits per heavy atom. The molecule has 0 spiro atoms. The number of rotatable bonds is 13. The highest BCUT2D eigenvalue weighted by molar-refractivity contribution is 5.69. The number of carbonyl (C=O) groups excluding carboxylic acids is 2. The molecule has 2 atom stereocenters. The molecule has 0 fully saturated rings. The average molecular weight is 364 g/mol. The summed E-state index contributed by atoms with van der Waals surface area (Å²) >= 11 is 0. The molecular formula is C21H32O5. The lowest BCUT2D eigenvalue weighted by Gasteiger charge is -2.13. The van der Waals surface area contributed by atoms with Gasteiger partial charge in [0, 0.05) is 12.8 Å². The molecule has 0 unspecified atom stereocenters. The van der Waals surface area contributed by atoms with E-state index in [4.69, 9.17) is 14.6 Å². The van der Waals surface area contributed by atoms with Crippen LogP contribution in [0.3, 0.4) is 0 Å². The van der Waals surface area contributed by atoms with Crippen molar-refractivity contribution in [3.05, 3.63) is 35.9 Å². The van der Waals surface area contributed by atoms with Gasteiger partial charge in [0.15, 0.2) is 0 Å². The maximum atomic E-state index is 11.7. The smallest absolute Gasteiger partial charge is 0.306 e. The first kappa shape index (κ1) is 22.2. The van der Waals surface area contributed by atoms with Gasteiger partial charge in [-0.05, 0) is 51.5 Å². The van der Waals surface area contributed by atoms with Crippen LogP contribution in [0.15, 0.2) is 30.3 Å². The van der Waals surface area contributed by atoms with Crippen LogP contribution in [0.1, 0.15) is 70.8 Å². The SMILES string of the molecule is C[C@H](O)CCCCC(=O)O[C@H](C)CCCCC(=O)OCc1ccccc1. The molecule has 0 aromatic heterocycles. The van der Waals surface area contributed by atoms with Crippen molar-refractivity contribution < 1.29 is 24.2 Å². The topological polar surface area (TPSA) is 72.8 Å². The fraction of sp³-hybridized carbons (Fsp3) is 0.619. The molecule has 5 nitrogen and oxygen atoms in total. The first-order valence-electron chi connectivity index (χ1n) is 9.54. The molecule has 0 aliphatic heterocycles. The van der Waals surface area contributed by atoms with Crippen LogP contribution in [-0.4, -0.2) is 29.3 Å². The number of esters is 2. The third-order valence-corrected chi connectivity index (χ3v) is 4.07. The van der Waals surface area contributed by atoms with Crippen molar-refractivity contribution in [3.63, 3.8) is 0 Å². The second-order valence-corrected chi connectivity index (χ2v) is 6.79. The average Bonchev–Trinajstić information content (AvgIpc) is 2.61. The Kier molecular flexibility index (Phi) is 11.4. The highest BCUT2D eigenvalue weighted by Gasteiger charge is 2.10. The lowest BCUT2D eigenvalue weighted by Crippen LogP contribution is -2.15.